The van der Waals surface area contributed by atoms with Crippen LogP contribution in [0.1, 0.15) is 31.8 Å². The Labute approximate surface area is 163 Å². The van der Waals surface area contributed by atoms with Crippen LogP contribution in [-0.4, -0.2) is 11.8 Å². The van der Waals surface area contributed by atoms with Crippen molar-refractivity contribution < 1.29 is 9.59 Å². The molecule has 0 bridgehead atoms. The molecular formula is C22H19ClN2O2. The molecule has 3 aromatic carbocycles. The van der Waals surface area contributed by atoms with Gasteiger partial charge in [0.25, 0.3) is 11.8 Å². The van der Waals surface area contributed by atoms with Crippen molar-refractivity contribution in [2.75, 3.05) is 5.32 Å². The standard InChI is InChI=1S/C22H19ClN2O2/c1-15-6-12-19(13-7-15)25-22(27)17-10-8-16(9-11-17)21(26)24-14-18-4-2-3-5-20(18)23/h2-13H,14H2,1H3,(H,24,26)(H,25,27). The van der Waals surface area contributed by atoms with Crippen LogP contribution >= 0.6 is 11.6 Å². The third-order valence-corrected chi connectivity index (χ3v) is 4.48. The summed E-state index contributed by atoms with van der Waals surface area (Å²) in [5, 5.41) is 6.27. The van der Waals surface area contributed by atoms with E-state index in [-0.39, 0.29) is 11.8 Å². The molecule has 0 fully saturated rings. The Hall–Kier alpha value is -3.11. The van der Waals surface area contributed by atoms with Crippen molar-refractivity contribution in [2.24, 2.45) is 0 Å². The molecule has 136 valence electrons. The number of hydrogen-bond acceptors (Lipinski definition) is 2. The van der Waals surface area contributed by atoms with E-state index >= 15 is 0 Å². The first-order valence-corrected chi connectivity index (χ1v) is 8.90. The van der Waals surface area contributed by atoms with E-state index in [1.54, 1.807) is 30.3 Å². The highest BCUT2D eigenvalue weighted by Gasteiger charge is 2.10. The first-order chi connectivity index (χ1) is 13.0. The van der Waals surface area contributed by atoms with Crippen LogP contribution in [0.5, 0.6) is 0 Å². The second kappa shape index (κ2) is 8.52. The maximum absolute atomic E-state index is 12.3. The fraction of sp³-hybridized carbons (Fsp3) is 0.0909. The number of anilines is 1. The number of carbonyl (C=O) groups is 2. The monoisotopic (exact) mass is 378 g/mol. The van der Waals surface area contributed by atoms with Crippen LogP contribution in [0.15, 0.2) is 72.8 Å². The van der Waals surface area contributed by atoms with Gasteiger partial charge in [-0.1, -0.05) is 47.5 Å². The number of benzene rings is 3. The zero-order chi connectivity index (χ0) is 19.2. The van der Waals surface area contributed by atoms with Crippen molar-refractivity contribution >= 4 is 29.1 Å². The summed E-state index contributed by atoms with van der Waals surface area (Å²) in [7, 11) is 0. The molecule has 3 aromatic rings. The van der Waals surface area contributed by atoms with Crippen LogP contribution in [0.3, 0.4) is 0 Å². The number of nitrogens with one attached hydrogen (secondary N) is 2. The smallest absolute Gasteiger partial charge is 0.255 e. The topological polar surface area (TPSA) is 58.2 Å². The van der Waals surface area contributed by atoms with Gasteiger partial charge in [-0.2, -0.15) is 0 Å². The molecule has 27 heavy (non-hydrogen) atoms. The predicted octanol–water partition coefficient (Wildman–Crippen LogP) is 4.83. The molecule has 4 nitrogen and oxygen atoms in total. The molecule has 3 rings (SSSR count). The highest BCUT2D eigenvalue weighted by molar-refractivity contribution is 6.31. The van der Waals surface area contributed by atoms with Gasteiger partial charge in [-0.05, 0) is 55.0 Å². The summed E-state index contributed by atoms with van der Waals surface area (Å²) in [6.45, 7) is 2.33. The van der Waals surface area contributed by atoms with Crippen LogP contribution in [0.25, 0.3) is 0 Å². The Bertz CT molecular complexity index is 951. The van der Waals surface area contributed by atoms with E-state index in [0.29, 0.717) is 22.7 Å². The Balaban J connectivity index is 1.60. The van der Waals surface area contributed by atoms with Crippen molar-refractivity contribution in [2.45, 2.75) is 13.5 Å². The third kappa shape index (κ3) is 4.96. The number of halogens is 1. The Morgan fingerprint density at radius 1 is 0.815 bits per heavy atom. The van der Waals surface area contributed by atoms with E-state index in [0.717, 1.165) is 16.8 Å². The van der Waals surface area contributed by atoms with Crippen LogP contribution in [-0.2, 0) is 6.54 Å². The zero-order valence-electron chi connectivity index (χ0n) is 14.8. The molecule has 0 heterocycles. The molecular weight excluding hydrogens is 360 g/mol. The van der Waals surface area contributed by atoms with E-state index in [9.17, 15) is 9.59 Å². The molecule has 0 atom stereocenters. The molecule has 0 aliphatic rings. The molecule has 0 saturated carbocycles. The summed E-state index contributed by atoms with van der Waals surface area (Å²) >= 11 is 6.09. The summed E-state index contributed by atoms with van der Waals surface area (Å²) in [5.74, 6) is -0.442. The van der Waals surface area contributed by atoms with Crippen molar-refractivity contribution in [3.8, 4) is 0 Å². The van der Waals surface area contributed by atoms with E-state index in [1.807, 2.05) is 49.4 Å². The Morgan fingerprint density at radius 3 is 2.04 bits per heavy atom. The van der Waals surface area contributed by atoms with Crippen LogP contribution < -0.4 is 10.6 Å². The number of rotatable bonds is 5. The molecule has 0 spiro atoms. The first-order valence-electron chi connectivity index (χ1n) is 8.52. The summed E-state index contributed by atoms with van der Waals surface area (Å²) < 4.78 is 0. The normalized spacial score (nSPS) is 10.3. The quantitative estimate of drug-likeness (QED) is 0.668. The van der Waals surface area contributed by atoms with Crippen molar-refractivity contribution in [3.63, 3.8) is 0 Å². The van der Waals surface area contributed by atoms with Gasteiger partial charge in [0.15, 0.2) is 0 Å². The van der Waals surface area contributed by atoms with E-state index in [4.69, 9.17) is 11.6 Å². The third-order valence-electron chi connectivity index (χ3n) is 4.12. The van der Waals surface area contributed by atoms with Crippen molar-refractivity contribution in [1.82, 2.24) is 5.32 Å². The number of hydrogen-bond donors (Lipinski definition) is 2. The van der Waals surface area contributed by atoms with E-state index in [1.165, 1.54) is 0 Å². The van der Waals surface area contributed by atoms with Crippen LogP contribution in [0.2, 0.25) is 5.02 Å². The lowest BCUT2D eigenvalue weighted by atomic mass is 10.1. The average molecular weight is 379 g/mol. The van der Waals surface area contributed by atoms with Gasteiger partial charge in [0.2, 0.25) is 0 Å². The summed E-state index contributed by atoms with van der Waals surface area (Å²) in [6, 6.07) is 21.5. The van der Waals surface area contributed by atoms with Gasteiger partial charge >= 0.3 is 0 Å². The molecule has 0 aromatic heterocycles. The Morgan fingerprint density at radius 2 is 1.41 bits per heavy atom. The lowest BCUT2D eigenvalue weighted by Crippen LogP contribution is -2.23. The fourth-order valence-electron chi connectivity index (χ4n) is 2.53. The van der Waals surface area contributed by atoms with Crippen LogP contribution in [0.4, 0.5) is 5.69 Å². The van der Waals surface area contributed by atoms with Gasteiger partial charge in [-0.15, -0.1) is 0 Å². The van der Waals surface area contributed by atoms with Gasteiger partial charge in [-0.25, -0.2) is 0 Å². The largest absolute Gasteiger partial charge is 0.348 e. The van der Waals surface area contributed by atoms with Gasteiger partial charge in [-0.3, -0.25) is 9.59 Å². The minimum absolute atomic E-state index is 0.220. The number of amides is 2. The van der Waals surface area contributed by atoms with E-state index < -0.39 is 0 Å². The maximum atomic E-state index is 12.3. The average Bonchev–Trinajstić information content (AvgIpc) is 2.69. The van der Waals surface area contributed by atoms with E-state index in [2.05, 4.69) is 10.6 Å². The van der Waals surface area contributed by atoms with Gasteiger partial charge < -0.3 is 10.6 Å². The van der Waals surface area contributed by atoms with Gasteiger partial charge in [0.1, 0.15) is 0 Å². The predicted molar refractivity (Wildman–Crippen MR) is 108 cm³/mol. The minimum Gasteiger partial charge on any atom is -0.348 e. The molecule has 0 aliphatic heterocycles. The fourth-order valence-corrected chi connectivity index (χ4v) is 2.74. The molecule has 0 radical (unpaired) electrons. The highest BCUT2D eigenvalue weighted by Crippen LogP contribution is 2.15. The van der Waals surface area contributed by atoms with Crippen LogP contribution in [0, 0.1) is 6.92 Å². The maximum Gasteiger partial charge on any atom is 0.255 e. The molecule has 5 heteroatoms. The molecule has 2 amide bonds. The minimum atomic E-state index is -0.222. The van der Waals surface area contributed by atoms with Crippen molar-refractivity contribution in [3.05, 3.63) is 100 Å². The first kappa shape index (κ1) is 18.7. The summed E-state index contributed by atoms with van der Waals surface area (Å²) in [4.78, 5) is 24.6. The Kier molecular flexibility index (Phi) is 5.89. The molecule has 2 N–H and O–H groups in total. The van der Waals surface area contributed by atoms with Gasteiger partial charge in [0, 0.05) is 28.4 Å². The summed E-state index contributed by atoms with van der Waals surface area (Å²) in [5.41, 5.74) is 3.67. The lowest BCUT2D eigenvalue weighted by molar-refractivity contribution is 0.0949. The second-order valence-electron chi connectivity index (χ2n) is 6.17. The lowest BCUT2D eigenvalue weighted by Gasteiger charge is -2.08. The highest BCUT2D eigenvalue weighted by atomic mass is 35.5. The van der Waals surface area contributed by atoms with Gasteiger partial charge in [0.05, 0.1) is 0 Å². The SMILES string of the molecule is Cc1ccc(NC(=O)c2ccc(C(=O)NCc3ccccc3Cl)cc2)cc1. The molecule has 0 saturated heterocycles. The number of carbonyl (C=O) groups excluding carboxylic acids is 2. The summed E-state index contributed by atoms with van der Waals surface area (Å²) in [6.07, 6.45) is 0. The number of aryl methyl sites for hydroxylation is 1. The van der Waals surface area contributed by atoms with Crippen molar-refractivity contribution in [1.29, 1.82) is 0 Å². The molecule has 0 aliphatic carbocycles. The second-order valence-corrected chi connectivity index (χ2v) is 6.58. The molecule has 0 unspecified atom stereocenters. The zero-order valence-corrected chi connectivity index (χ0v) is 15.6.